The number of rotatable bonds is 14. The highest BCUT2D eigenvalue weighted by atomic mass is 28.4. The van der Waals surface area contributed by atoms with E-state index in [9.17, 15) is 24.0 Å². The number of hydrogen-bond acceptors (Lipinski definition) is 10. The summed E-state index contributed by atoms with van der Waals surface area (Å²) in [4.78, 5) is 66.4. The first-order valence-corrected chi connectivity index (χ1v) is 29.2. The molecule has 1 aromatic rings. The molecule has 0 aromatic carbocycles. The van der Waals surface area contributed by atoms with Gasteiger partial charge in [0.15, 0.2) is 25.0 Å². The number of carbonyl (C=O) groups is 2. The van der Waals surface area contributed by atoms with Crippen LogP contribution < -0.4 is 16.6 Å². The van der Waals surface area contributed by atoms with Gasteiger partial charge in [-0.1, -0.05) is 55.4 Å². The molecule has 1 aliphatic rings. The number of carbonyl (C=O) groups excluding carboxylic acids is 2. The number of nitrogens with zero attached hydrogens (tertiary/aromatic N) is 2. The van der Waals surface area contributed by atoms with E-state index in [1.165, 1.54) is 10.8 Å². The summed E-state index contributed by atoms with van der Waals surface area (Å²) in [7, 11) is -5.95. The second-order valence-corrected chi connectivity index (χ2v) is 36.4. The summed E-state index contributed by atoms with van der Waals surface area (Å²) >= 11 is 0. The van der Waals surface area contributed by atoms with E-state index in [1.807, 2.05) is 13.1 Å². The zero-order valence-corrected chi connectivity index (χ0v) is 42.3. The van der Waals surface area contributed by atoms with Gasteiger partial charge in [-0.25, -0.2) is 9.59 Å². The molecule has 1 amide bonds. The van der Waals surface area contributed by atoms with Crippen molar-refractivity contribution in [2.75, 3.05) is 6.61 Å². The Morgan fingerprint density at radius 2 is 1.35 bits per heavy atom. The van der Waals surface area contributed by atoms with E-state index < -0.39 is 94.8 Å². The average molecular weight is 858 g/mol. The second-order valence-electron chi connectivity index (χ2n) is 22.3. The monoisotopic (exact) mass is 858 g/mol. The van der Waals surface area contributed by atoms with Gasteiger partial charge in [0.1, 0.15) is 17.3 Å². The van der Waals surface area contributed by atoms with Crippen LogP contribution >= 0.6 is 0 Å². The number of ether oxygens (including phenoxy) is 3. The summed E-state index contributed by atoms with van der Waals surface area (Å²) in [6.45, 7) is 40.1. The minimum absolute atomic E-state index is 0.0662. The van der Waals surface area contributed by atoms with Crippen LogP contribution in [0.4, 0.5) is 4.79 Å². The Morgan fingerprint density at radius 3 is 1.81 bits per heavy atom. The first-order valence-electron chi connectivity index (χ1n) is 20.4. The molecule has 5 atom stereocenters. The minimum Gasteiger partial charge on any atom is -0.460 e. The molecule has 1 fully saturated rings. The van der Waals surface area contributed by atoms with Crippen LogP contribution in [-0.2, 0) is 41.4 Å². The van der Waals surface area contributed by atoms with Crippen LogP contribution in [0.5, 0.6) is 0 Å². The van der Waals surface area contributed by atoms with Crippen molar-refractivity contribution in [2.24, 2.45) is 13.0 Å². The quantitative estimate of drug-likeness (QED) is 0.139. The van der Waals surface area contributed by atoms with Gasteiger partial charge >= 0.3 is 17.8 Å². The lowest BCUT2D eigenvalue weighted by molar-refractivity contribution is -0.155. The summed E-state index contributed by atoms with van der Waals surface area (Å²) in [6.07, 6.45) is -0.998. The second kappa shape index (κ2) is 17.5. The first kappa shape index (κ1) is 51.1. The Kier molecular flexibility index (Phi) is 15.7. The molecule has 2 N–H and O–H groups in total. The number of nitrogens with one attached hydrogen (secondary N) is 1. The molecule has 0 bridgehead atoms. The topological polar surface area (TPSA) is 157 Å². The van der Waals surface area contributed by atoms with Crippen LogP contribution in [-0.4, -0.2) is 87.0 Å². The summed E-state index contributed by atoms with van der Waals surface area (Å²) in [6, 6.07) is -1.03. The molecule has 2 heterocycles. The van der Waals surface area contributed by atoms with Crippen LogP contribution in [0.15, 0.2) is 15.8 Å². The summed E-state index contributed by atoms with van der Waals surface area (Å²) in [5.74, 6) is -1.02. The van der Waals surface area contributed by atoms with Crippen LogP contribution in [0.2, 0.25) is 54.4 Å². The van der Waals surface area contributed by atoms with Crippen molar-refractivity contribution in [2.45, 2.75) is 206 Å². The zero-order chi connectivity index (χ0) is 44.7. The standard InChI is InChI=1S/C41H79N3O10Si3/c1-37(2,3)52-31(45)22-27(42-35(47)53-38(4,5)6)24-44-34(46)29(25-43(15)36(44)48)32-28(23-41(13,14)55(16,17)49)33(54-57(20,21)40(10,11)12)30(51-32)26-50-56(18,19)39(7,8)9/h25,27-28,30,32-33,49H,22-24,26H2,1-21H3,(H,42,47)/t27-,28+,30+,32+,33?/m0/s1. The number of alkyl carbamates (subject to hydrolysis) is 1. The van der Waals surface area contributed by atoms with Gasteiger partial charge in [-0.05, 0) is 102 Å². The first-order chi connectivity index (χ1) is 25.2. The fourth-order valence-corrected chi connectivity index (χ4v) is 9.16. The lowest BCUT2D eigenvalue weighted by Crippen LogP contribution is -2.51. The largest absolute Gasteiger partial charge is 0.460 e. The predicted molar refractivity (Wildman–Crippen MR) is 234 cm³/mol. The fourth-order valence-electron chi connectivity index (χ4n) is 6.05. The van der Waals surface area contributed by atoms with Crippen molar-refractivity contribution in [3.8, 4) is 0 Å². The van der Waals surface area contributed by atoms with Gasteiger partial charge in [-0.2, -0.15) is 0 Å². The van der Waals surface area contributed by atoms with Crippen LogP contribution in [0.1, 0.15) is 121 Å². The van der Waals surface area contributed by atoms with E-state index in [0.29, 0.717) is 6.42 Å². The van der Waals surface area contributed by atoms with Gasteiger partial charge in [0.25, 0.3) is 5.56 Å². The Hall–Kier alpha value is -2.09. The molecular formula is C41H79N3O10Si3. The number of hydrogen-bond donors (Lipinski definition) is 2. The maximum Gasteiger partial charge on any atom is 0.407 e. The van der Waals surface area contributed by atoms with Crippen molar-refractivity contribution in [3.63, 3.8) is 0 Å². The smallest absolute Gasteiger partial charge is 0.407 e. The van der Waals surface area contributed by atoms with Crippen molar-refractivity contribution < 1.29 is 37.4 Å². The molecule has 13 nitrogen and oxygen atoms in total. The maximum absolute atomic E-state index is 14.8. The van der Waals surface area contributed by atoms with Gasteiger partial charge in [0, 0.05) is 19.2 Å². The number of aromatic nitrogens is 2. The summed E-state index contributed by atoms with van der Waals surface area (Å²) in [5, 5.41) is 1.96. The van der Waals surface area contributed by atoms with E-state index in [0.717, 1.165) is 4.57 Å². The highest BCUT2D eigenvalue weighted by Crippen LogP contribution is 2.52. The fraction of sp³-hybridized carbons (Fsp3) is 0.854. The van der Waals surface area contributed by atoms with Crippen molar-refractivity contribution >= 4 is 37.0 Å². The van der Waals surface area contributed by atoms with E-state index in [1.54, 1.807) is 48.6 Å². The Morgan fingerprint density at radius 1 is 0.842 bits per heavy atom. The minimum atomic E-state index is -2.79. The van der Waals surface area contributed by atoms with E-state index in [-0.39, 0.29) is 35.2 Å². The predicted octanol–water partition coefficient (Wildman–Crippen LogP) is 8.01. The number of amides is 1. The molecule has 0 radical (unpaired) electrons. The van der Waals surface area contributed by atoms with E-state index in [2.05, 4.69) is 86.9 Å². The van der Waals surface area contributed by atoms with Crippen LogP contribution in [0.25, 0.3) is 0 Å². The summed E-state index contributed by atoms with van der Waals surface area (Å²) < 4.78 is 34.5. The molecule has 0 aliphatic carbocycles. The third kappa shape index (κ3) is 13.7. The normalized spacial score (nSPS) is 21.0. The molecule has 0 spiro atoms. The molecule has 0 saturated carbocycles. The van der Waals surface area contributed by atoms with Crippen LogP contribution in [0.3, 0.4) is 0 Å². The van der Waals surface area contributed by atoms with Gasteiger partial charge in [-0.3, -0.25) is 14.2 Å². The molecule has 330 valence electrons. The lowest BCUT2D eigenvalue weighted by Gasteiger charge is -2.44. The highest BCUT2D eigenvalue weighted by Gasteiger charge is 2.55. The molecule has 1 unspecified atom stereocenters. The Balaban J connectivity index is 2.88. The van der Waals surface area contributed by atoms with E-state index in [4.69, 9.17) is 23.1 Å². The van der Waals surface area contributed by atoms with Gasteiger partial charge in [-0.15, -0.1) is 0 Å². The maximum atomic E-state index is 14.8. The molecular weight excluding hydrogens is 779 g/mol. The number of aryl methyl sites for hydroxylation is 1. The Labute approximate surface area is 346 Å². The molecule has 1 aliphatic heterocycles. The highest BCUT2D eigenvalue weighted by molar-refractivity contribution is 6.74. The molecule has 1 aromatic heterocycles. The Bertz CT molecular complexity index is 1660. The van der Waals surface area contributed by atoms with Gasteiger partial charge < -0.3 is 37.7 Å². The molecule has 1 saturated heterocycles. The van der Waals surface area contributed by atoms with Gasteiger partial charge in [0.2, 0.25) is 0 Å². The van der Waals surface area contributed by atoms with E-state index >= 15 is 0 Å². The zero-order valence-electron chi connectivity index (χ0n) is 39.3. The van der Waals surface area contributed by atoms with Crippen LogP contribution in [0, 0.1) is 5.92 Å². The molecule has 57 heavy (non-hydrogen) atoms. The third-order valence-electron chi connectivity index (χ3n) is 12.2. The molecule has 2 rings (SSSR count). The number of esters is 1. The SMILES string of the molecule is Cn1cc([C@@H]2O[C@H](CO[Si](C)(C)C(C)(C)C)C(O[Si](C)(C)C(C)(C)C)[C@@H]2CC(C)(C)[Si](C)(C)O)c(=O)n(C[C@H](CC(=O)OC(C)(C)C)NC(=O)OC(C)(C)C)c1=O. The van der Waals surface area contributed by atoms with Crippen molar-refractivity contribution in [1.82, 2.24) is 14.5 Å². The van der Waals surface area contributed by atoms with Gasteiger partial charge in [0.05, 0.1) is 43.4 Å². The summed E-state index contributed by atoms with van der Waals surface area (Å²) in [5.41, 5.74) is -2.64. The lowest BCUT2D eigenvalue weighted by atomic mass is 9.85. The van der Waals surface area contributed by atoms with Crippen molar-refractivity contribution in [1.29, 1.82) is 0 Å². The average Bonchev–Trinajstić information content (AvgIpc) is 3.27. The molecule has 16 heteroatoms. The van der Waals surface area contributed by atoms with Crippen molar-refractivity contribution in [3.05, 3.63) is 32.6 Å². The third-order valence-corrected chi connectivity index (χ3v) is 24.7.